The molecule has 0 aromatic heterocycles. The van der Waals surface area contributed by atoms with Crippen LogP contribution in [-0.2, 0) is 19.9 Å². The van der Waals surface area contributed by atoms with E-state index >= 15 is 0 Å². The standard InChI is InChI=1S/C38H36O4P.BrH/c1-2-41-36(39)30-42-38(32-20-10-4-11-21-32,37(40)31-18-8-3-9-19-31)28-29-43(33-22-12-5-13-23-33,34-24-14-6-15-25-34)35-26-16-7-17-27-35;/h3-27H,2,28-30H2,1H3;1H/q+1;/p-1. The number of Topliss-reactive ketones (excluding diaryl/α,β-unsaturated/α-hetero) is 1. The quantitative estimate of drug-likeness (QED) is 0.109. The van der Waals surface area contributed by atoms with Crippen LogP contribution in [-0.4, -0.2) is 31.1 Å². The molecule has 0 saturated carbocycles. The number of benzene rings is 5. The molecule has 5 aromatic carbocycles. The van der Waals surface area contributed by atoms with Gasteiger partial charge in [0.2, 0.25) is 0 Å². The molecule has 0 fully saturated rings. The van der Waals surface area contributed by atoms with Gasteiger partial charge in [0, 0.05) is 12.0 Å². The Morgan fingerprint density at radius 3 is 1.45 bits per heavy atom. The van der Waals surface area contributed by atoms with Crippen LogP contribution in [0.4, 0.5) is 0 Å². The summed E-state index contributed by atoms with van der Waals surface area (Å²) in [4.78, 5) is 27.4. The number of hydrogen-bond donors (Lipinski definition) is 0. The van der Waals surface area contributed by atoms with Crippen LogP contribution >= 0.6 is 7.26 Å². The third-order valence-corrected chi connectivity index (χ3v) is 12.2. The average Bonchev–Trinajstić information content (AvgIpc) is 3.08. The molecule has 0 saturated heterocycles. The number of ether oxygens (including phenoxy) is 2. The molecule has 0 amide bonds. The summed E-state index contributed by atoms with van der Waals surface area (Å²) >= 11 is 0. The molecule has 0 radical (unpaired) electrons. The van der Waals surface area contributed by atoms with Crippen LogP contribution in [0.3, 0.4) is 0 Å². The molecule has 6 heteroatoms. The maximum Gasteiger partial charge on any atom is 0.332 e. The van der Waals surface area contributed by atoms with Crippen LogP contribution in [0.25, 0.3) is 0 Å². The summed E-state index contributed by atoms with van der Waals surface area (Å²) < 4.78 is 11.8. The van der Waals surface area contributed by atoms with Crippen molar-refractivity contribution in [3.05, 3.63) is 163 Å². The molecule has 224 valence electrons. The van der Waals surface area contributed by atoms with E-state index in [-0.39, 0.29) is 36.0 Å². The number of carbonyl (C=O) groups excluding carboxylic acids is 2. The Balaban J connectivity index is 0.00000442. The molecule has 0 aliphatic rings. The van der Waals surface area contributed by atoms with Crippen LogP contribution < -0.4 is 32.9 Å². The smallest absolute Gasteiger partial charge is 0.332 e. The van der Waals surface area contributed by atoms with Gasteiger partial charge >= 0.3 is 5.97 Å². The van der Waals surface area contributed by atoms with E-state index in [0.29, 0.717) is 23.7 Å². The van der Waals surface area contributed by atoms with E-state index in [1.807, 2.05) is 78.9 Å². The van der Waals surface area contributed by atoms with E-state index in [9.17, 15) is 9.59 Å². The first-order valence-corrected chi connectivity index (χ1v) is 16.6. The number of halogens is 1. The number of carbonyl (C=O) groups is 2. The third kappa shape index (κ3) is 7.08. The summed E-state index contributed by atoms with van der Waals surface area (Å²) in [7, 11) is -2.31. The Morgan fingerprint density at radius 2 is 1.02 bits per heavy atom. The van der Waals surface area contributed by atoms with Crippen molar-refractivity contribution in [3.63, 3.8) is 0 Å². The first kappa shape index (κ1) is 33.0. The predicted octanol–water partition coefficient (Wildman–Crippen LogP) is 3.73. The Kier molecular flexibility index (Phi) is 11.8. The normalized spacial score (nSPS) is 12.4. The number of esters is 1. The fourth-order valence-corrected chi connectivity index (χ4v) is 10.1. The van der Waals surface area contributed by atoms with Gasteiger partial charge in [-0.15, -0.1) is 0 Å². The molecule has 1 atom stereocenters. The molecule has 0 N–H and O–H groups in total. The van der Waals surface area contributed by atoms with Gasteiger partial charge in [-0.1, -0.05) is 115 Å². The van der Waals surface area contributed by atoms with Crippen molar-refractivity contribution < 1.29 is 36.0 Å². The molecular formula is C38H36BrO4P. The summed E-state index contributed by atoms with van der Waals surface area (Å²) in [6.07, 6.45) is 0.970. The van der Waals surface area contributed by atoms with Crippen LogP contribution in [0, 0.1) is 0 Å². The maximum atomic E-state index is 14.7. The zero-order chi connectivity index (χ0) is 30.0. The van der Waals surface area contributed by atoms with Crippen molar-refractivity contribution in [2.24, 2.45) is 0 Å². The molecule has 5 rings (SSSR count). The Bertz CT molecular complexity index is 1500. The fourth-order valence-electron chi connectivity index (χ4n) is 5.73. The van der Waals surface area contributed by atoms with Gasteiger partial charge in [0.15, 0.2) is 11.4 Å². The third-order valence-electron chi connectivity index (χ3n) is 7.77. The van der Waals surface area contributed by atoms with E-state index in [1.54, 1.807) is 6.92 Å². The Labute approximate surface area is 271 Å². The number of rotatable bonds is 13. The van der Waals surface area contributed by atoms with Crippen molar-refractivity contribution in [1.82, 2.24) is 0 Å². The summed E-state index contributed by atoms with van der Waals surface area (Å²) in [6.45, 7) is 1.66. The van der Waals surface area contributed by atoms with Gasteiger partial charge in [0.1, 0.15) is 29.8 Å². The number of ketones is 1. The molecule has 44 heavy (non-hydrogen) atoms. The lowest BCUT2D eigenvalue weighted by molar-refractivity contribution is -0.153. The largest absolute Gasteiger partial charge is 1.00 e. The minimum absolute atomic E-state index is 0. The zero-order valence-corrected chi connectivity index (χ0v) is 27.2. The molecule has 0 aliphatic heterocycles. The van der Waals surface area contributed by atoms with Gasteiger partial charge in [0.25, 0.3) is 0 Å². The highest BCUT2D eigenvalue weighted by atomic mass is 79.9. The van der Waals surface area contributed by atoms with Crippen molar-refractivity contribution in [2.75, 3.05) is 19.4 Å². The highest BCUT2D eigenvalue weighted by Crippen LogP contribution is 2.57. The van der Waals surface area contributed by atoms with Crippen molar-refractivity contribution in [1.29, 1.82) is 0 Å². The molecule has 0 aliphatic carbocycles. The van der Waals surface area contributed by atoms with Gasteiger partial charge in [-0.05, 0) is 48.9 Å². The highest BCUT2D eigenvalue weighted by Gasteiger charge is 2.50. The van der Waals surface area contributed by atoms with E-state index in [0.717, 1.165) is 0 Å². The zero-order valence-electron chi connectivity index (χ0n) is 24.7. The lowest BCUT2D eigenvalue weighted by Crippen LogP contribution is -3.00. The molecule has 0 heterocycles. The molecule has 5 aromatic rings. The maximum absolute atomic E-state index is 14.7. The minimum Gasteiger partial charge on any atom is -1.00 e. The topological polar surface area (TPSA) is 52.6 Å². The fraction of sp³-hybridized carbons (Fsp3) is 0.158. The second-order valence-corrected chi connectivity index (χ2v) is 13.9. The summed E-state index contributed by atoms with van der Waals surface area (Å²) in [5, 5.41) is 3.64. The van der Waals surface area contributed by atoms with Crippen LogP contribution in [0.15, 0.2) is 152 Å². The van der Waals surface area contributed by atoms with E-state index in [2.05, 4.69) is 72.8 Å². The lowest BCUT2D eigenvalue weighted by Gasteiger charge is -2.36. The molecule has 0 spiro atoms. The molecule has 0 bridgehead atoms. The van der Waals surface area contributed by atoms with Gasteiger partial charge in [-0.25, -0.2) is 4.79 Å². The van der Waals surface area contributed by atoms with Gasteiger partial charge in [0.05, 0.1) is 12.8 Å². The molecule has 1 unspecified atom stereocenters. The second-order valence-electron chi connectivity index (χ2n) is 10.3. The average molecular weight is 668 g/mol. The van der Waals surface area contributed by atoms with Crippen molar-refractivity contribution in [2.45, 2.75) is 18.9 Å². The Hall–Kier alpha value is -3.89. The predicted molar refractivity (Wildman–Crippen MR) is 176 cm³/mol. The first-order valence-electron chi connectivity index (χ1n) is 14.6. The second kappa shape index (κ2) is 15.7. The highest BCUT2D eigenvalue weighted by molar-refractivity contribution is 7.95. The minimum atomic E-state index is -2.31. The van der Waals surface area contributed by atoms with Gasteiger partial charge in [-0.2, -0.15) is 0 Å². The SMILES string of the molecule is CCOC(=O)COC(CC[P+](c1ccccc1)(c1ccccc1)c1ccccc1)(C(=O)c1ccccc1)c1ccccc1.[Br-]. The number of hydrogen-bond acceptors (Lipinski definition) is 4. The molecule has 4 nitrogen and oxygen atoms in total. The van der Waals surface area contributed by atoms with Gasteiger partial charge < -0.3 is 26.5 Å². The van der Waals surface area contributed by atoms with Crippen molar-refractivity contribution >= 4 is 34.9 Å². The van der Waals surface area contributed by atoms with E-state index in [1.165, 1.54) is 15.9 Å². The molecular weight excluding hydrogens is 631 g/mol. The Morgan fingerprint density at radius 1 is 0.614 bits per heavy atom. The van der Waals surface area contributed by atoms with Crippen LogP contribution in [0.2, 0.25) is 0 Å². The monoisotopic (exact) mass is 666 g/mol. The van der Waals surface area contributed by atoms with E-state index in [4.69, 9.17) is 9.47 Å². The summed E-state index contributed by atoms with van der Waals surface area (Å²) in [5.74, 6) is -0.685. The van der Waals surface area contributed by atoms with Crippen molar-refractivity contribution in [3.8, 4) is 0 Å². The lowest BCUT2D eigenvalue weighted by atomic mass is 9.83. The first-order chi connectivity index (χ1) is 21.1. The van der Waals surface area contributed by atoms with Crippen LogP contribution in [0.5, 0.6) is 0 Å². The van der Waals surface area contributed by atoms with E-state index < -0.39 is 18.8 Å². The van der Waals surface area contributed by atoms with Crippen LogP contribution in [0.1, 0.15) is 29.3 Å². The summed E-state index contributed by atoms with van der Waals surface area (Å²) in [6, 6.07) is 50.5. The summed E-state index contributed by atoms with van der Waals surface area (Å²) in [5.41, 5.74) is -0.197. The van der Waals surface area contributed by atoms with Gasteiger partial charge in [-0.3, -0.25) is 4.79 Å².